The number of rotatable bonds is 3. The van der Waals surface area contributed by atoms with E-state index in [1.54, 1.807) is 6.20 Å². The molecule has 1 N–H and O–H groups in total. The number of halogens is 1. The third-order valence-electron chi connectivity index (χ3n) is 2.51. The molecule has 88 valence electrons. The molecule has 2 aromatic rings. The molecule has 1 heterocycles. The predicted octanol–water partition coefficient (Wildman–Crippen LogP) is 3.61. The smallest absolute Gasteiger partial charge is 0.130 e. The van der Waals surface area contributed by atoms with Crippen LogP contribution in [-0.4, -0.2) is 9.97 Å². The normalized spacial score (nSPS) is 12.2. The molecule has 1 atom stereocenters. The maximum Gasteiger partial charge on any atom is 0.130 e. The third kappa shape index (κ3) is 3.17. The van der Waals surface area contributed by atoms with Gasteiger partial charge in [-0.05, 0) is 37.6 Å². The Bertz CT molecular complexity index is 496. The Morgan fingerprint density at radius 3 is 2.53 bits per heavy atom. The van der Waals surface area contributed by atoms with Crippen molar-refractivity contribution in [2.24, 2.45) is 0 Å². The van der Waals surface area contributed by atoms with Crippen LogP contribution >= 0.6 is 11.6 Å². The zero-order valence-corrected chi connectivity index (χ0v) is 10.6. The molecular formula is C13H14ClN3. The zero-order valence-electron chi connectivity index (χ0n) is 9.81. The Morgan fingerprint density at radius 2 is 1.88 bits per heavy atom. The van der Waals surface area contributed by atoms with Gasteiger partial charge < -0.3 is 5.32 Å². The van der Waals surface area contributed by atoms with Crippen LogP contribution in [-0.2, 0) is 0 Å². The van der Waals surface area contributed by atoms with Crippen molar-refractivity contribution >= 4 is 17.4 Å². The summed E-state index contributed by atoms with van der Waals surface area (Å²) in [6, 6.07) is 9.84. The van der Waals surface area contributed by atoms with Crippen LogP contribution in [0, 0.1) is 6.92 Å². The molecule has 2 rings (SSSR count). The minimum absolute atomic E-state index is 0.182. The van der Waals surface area contributed by atoms with Crippen LogP contribution in [0.2, 0.25) is 5.02 Å². The summed E-state index contributed by atoms with van der Waals surface area (Å²) >= 11 is 5.86. The van der Waals surface area contributed by atoms with Crippen molar-refractivity contribution in [1.29, 1.82) is 0 Å². The average molecular weight is 248 g/mol. The fourth-order valence-electron chi connectivity index (χ4n) is 1.59. The number of anilines is 1. The molecule has 0 aliphatic carbocycles. The van der Waals surface area contributed by atoms with E-state index in [1.165, 1.54) is 5.56 Å². The van der Waals surface area contributed by atoms with E-state index in [0.717, 1.165) is 16.7 Å². The van der Waals surface area contributed by atoms with Crippen LogP contribution in [0.4, 0.5) is 5.82 Å². The van der Waals surface area contributed by atoms with Crippen molar-refractivity contribution in [2.45, 2.75) is 19.9 Å². The van der Waals surface area contributed by atoms with Gasteiger partial charge in [0.2, 0.25) is 0 Å². The summed E-state index contributed by atoms with van der Waals surface area (Å²) in [5.74, 6) is 1.60. The summed E-state index contributed by atoms with van der Waals surface area (Å²) in [6.45, 7) is 3.96. The van der Waals surface area contributed by atoms with Crippen molar-refractivity contribution in [3.63, 3.8) is 0 Å². The topological polar surface area (TPSA) is 37.8 Å². The van der Waals surface area contributed by atoms with Gasteiger partial charge in [0.25, 0.3) is 0 Å². The van der Waals surface area contributed by atoms with Gasteiger partial charge in [-0.25, -0.2) is 9.97 Å². The summed E-state index contributed by atoms with van der Waals surface area (Å²) in [4.78, 5) is 8.37. The average Bonchev–Trinajstić information content (AvgIpc) is 2.29. The molecular weight excluding hydrogens is 234 g/mol. The molecule has 0 aliphatic rings. The van der Waals surface area contributed by atoms with Crippen molar-refractivity contribution in [3.05, 3.63) is 52.9 Å². The van der Waals surface area contributed by atoms with E-state index in [9.17, 15) is 0 Å². The van der Waals surface area contributed by atoms with Crippen LogP contribution in [0.5, 0.6) is 0 Å². The first-order valence-corrected chi connectivity index (χ1v) is 5.84. The number of hydrogen-bond acceptors (Lipinski definition) is 3. The Labute approximate surface area is 106 Å². The number of hydrogen-bond donors (Lipinski definition) is 1. The van der Waals surface area contributed by atoms with Gasteiger partial charge in [0.05, 0.1) is 0 Å². The molecule has 0 bridgehead atoms. The fraction of sp³-hybridized carbons (Fsp3) is 0.231. The minimum Gasteiger partial charge on any atom is -0.363 e. The summed E-state index contributed by atoms with van der Waals surface area (Å²) in [6.07, 6.45) is 1.75. The molecule has 4 heteroatoms. The van der Waals surface area contributed by atoms with Crippen molar-refractivity contribution in [3.8, 4) is 0 Å². The molecule has 0 saturated heterocycles. The molecule has 0 saturated carbocycles. The second kappa shape index (κ2) is 5.15. The van der Waals surface area contributed by atoms with Gasteiger partial charge >= 0.3 is 0 Å². The van der Waals surface area contributed by atoms with Gasteiger partial charge in [0.1, 0.15) is 11.6 Å². The largest absolute Gasteiger partial charge is 0.363 e. The van der Waals surface area contributed by atoms with Gasteiger partial charge in [0, 0.05) is 17.3 Å². The molecule has 3 nitrogen and oxygen atoms in total. The van der Waals surface area contributed by atoms with E-state index in [-0.39, 0.29) is 6.04 Å². The lowest BCUT2D eigenvalue weighted by Gasteiger charge is -2.15. The Hall–Kier alpha value is -1.61. The first-order chi connectivity index (χ1) is 8.15. The van der Waals surface area contributed by atoms with E-state index in [0.29, 0.717) is 0 Å². The molecule has 1 unspecified atom stereocenters. The molecule has 0 aliphatic heterocycles. The third-order valence-corrected chi connectivity index (χ3v) is 2.76. The molecule has 1 aromatic carbocycles. The monoisotopic (exact) mass is 247 g/mol. The summed E-state index contributed by atoms with van der Waals surface area (Å²) < 4.78 is 0. The Kier molecular flexibility index (Phi) is 3.59. The predicted molar refractivity (Wildman–Crippen MR) is 70.3 cm³/mol. The van der Waals surface area contributed by atoms with Gasteiger partial charge in [-0.15, -0.1) is 0 Å². The molecule has 0 fully saturated rings. The number of nitrogens with zero attached hydrogens (tertiary/aromatic N) is 2. The van der Waals surface area contributed by atoms with E-state index < -0.39 is 0 Å². The zero-order chi connectivity index (χ0) is 12.3. The van der Waals surface area contributed by atoms with Gasteiger partial charge in [-0.2, -0.15) is 0 Å². The highest BCUT2D eigenvalue weighted by Crippen LogP contribution is 2.19. The van der Waals surface area contributed by atoms with Crippen LogP contribution in [0.15, 0.2) is 36.5 Å². The molecule has 0 spiro atoms. The Balaban J connectivity index is 2.11. The van der Waals surface area contributed by atoms with Crippen LogP contribution < -0.4 is 5.32 Å². The first kappa shape index (κ1) is 11.9. The van der Waals surface area contributed by atoms with E-state index in [1.807, 2.05) is 37.3 Å². The molecule has 1 aromatic heterocycles. The maximum absolute atomic E-state index is 5.86. The van der Waals surface area contributed by atoms with Crippen LogP contribution in [0.25, 0.3) is 0 Å². The van der Waals surface area contributed by atoms with Crippen LogP contribution in [0.3, 0.4) is 0 Å². The van der Waals surface area contributed by atoms with Gasteiger partial charge in [-0.1, -0.05) is 23.7 Å². The molecule has 0 radical (unpaired) electrons. The van der Waals surface area contributed by atoms with Crippen molar-refractivity contribution in [1.82, 2.24) is 9.97 Å². The fourth-order valence-corrected chi connectivity index (χ4v) is 1.72. The lowest BCUT2D eigenvalue weighted by Crippen LogP contribution is -2.08. The SMILES string of the molecule is Cc1nccc(NC(C)c2ccc(Cl)cc2)n1. The summed E-state index contributed by atoms with van der Waals surface area (Å²) in [7, 11) is 0. The highest BCUT2D eigenvalue weighted by Gasteiger charge is 2.05. The van der Waals surface area contributed by atoms with E-state index in [4.69, 9.17) is 11.6 Å². The molecule has 0 amide bonds. The van der Waals surface area contributed by atoms with Gasteiger partial charge in [0.15, 0.2) is 0 Å². The summed E-state index contributed by atoms with van der Waals surface area (Å²) in [5.41, 5.74) is 1.17. The summed E-state index contributed by atoms with van der Waals surface area (Å²) in [5, 5.41) is 4.07. The second-order valence-corrected chi connectivity index (χ2v) is 4.34. The lowest BCUT2D eigenvalue weighted by atomic mass is 10.1. The van der Waals surface area contributed by atoms with Crippen LogP contribution in [0.1, 0.15) is 24.4 Å². The number of nitrogens with one attached hydrogen (secondary N) is 1. The van der Waals surface area contributed by atoms with Gasteiger partial charge in [-0.3, -0.25) is 0 Å². The Morgan fingerprint density at radius 1 is 1.18 bits per heavy atom. The lowest BCUT2D eigenvalue weighted by molar-refractivity contribution is 0.867. The van der Waals surface area contributed by atoms with Crippen molar-refractivity contribution < 1.29 is 0 Å². The second-order valence-electron chi connectivity index (χ2n) is 3.91. The quantitative estimate of drug-likeness (QED) is 0.900. The minimum atomic E-state index is 0.182. The van der Waals surface area contributed by atoms with E-state index in [2.05, 4.69) is 22.2 Å². The molecule has 17 heavy (non-hydrogen) atoms. The number of benzene rings is 1. The first-order valence-electron chi connectivity index (χ1n) is 5.47. The van der Waals surface area contributed by atoms with E-state index >= 15 is 0 Å². The highest BCUT2D eigenvalue weighted by molar-refractivity contribution is 6.30. The number of aromatic nitrogens is 2. The van der Waals surface area contributed by atoms with Crippen molar-refractivity contribution in [2.75, 3.05) is 5.32 Å². The number of aryl methyl sites for hydroxylation is 1. The highest BCUT2D eigenvalue weighted by atomic mass is 35.5. The standard InChI is InChI=1S/C13H14ClN3/c1-9(11-3-5-12(14)6-4-11)16-13-7-8-15-10(2)17-13/h3-9H,1-2H3,(H,15,16,17). The maximum atomic E-state index is 5.86.